The third kappa shape index (κ3) is 3.88. The van der Waals surface area contributed by atoms with Crippen LogP contribution in [-0.4, -0.2) is 23.8 Å². The van der Waals surface area contributed by atoms with E-state index in [0.29, 0.717) is 5.56 Å². The normalized spacial score (nSPS) is 23.0. The van der Waals surface area contributed by atoms with Gasteiger partial charge in [-0.3, -0.25) is 4.79 Å². The molecule has 3 aromatic carbocycles. The average molecular weight is 498 g/mol. The van der Waals surface area contributed by atoms with Gasteiger partial charge in [0.15, 0.2) is 5.78 Å². The Kier molecular flexibility index (Phi) is 6.06. The first-order chi connectivity index (χ1) is 18.7. The van der Waals surface area contributed by atoms with Gasteiger partial charge in [0.05, 0.1) is 19.2 Å². The second-order valence-electron chi connectivity index (χ2n) is 10.2. The molecule has 0 bridgehead atoms. The van der Waals surface area contributed by atoms with Crippen LogP contribution in [0.3, 0.4) is 0 Å². The Morgan fingerprint density at radius 3 is 2.26 bits per heavy atom. The van der Waals surface area contributed by atoms with Gasteiger partial charge in [0, 0.05) is 23.6 Å². The third-order valence-corrected chi connectivity index (χ3v) is 8.17. The highest BCUT2D eigenvalue weighted by molar-refractivity contribution is 6.01. The minimum atomic E-state index is -0.502. The van der Waals surface area contributed by atoms with Crippen LogP contribution in [-0.2, 0) is 0 Å². The van der Waals surface area contributed by atoms with E-state index in [1.165, 1.54) is 0 Å². The lowest BCUT2D eigenvalue weighted by atomic mass is 9.72. The van der Waals surface area contributed by atoms with E-state index in [1.807, 2.05) is 72.9 Å². The van der Waals surface area contributed by atoms with Gasteiger partial charge in [-0.05, 0) is 59.2 Å². The summed E-state index contributed by atoms with van der Waals surface area (Å²) in [4.78, 5) is 16.5. The highest BCUT2D eigenvalue weighted by Gasteiger charge is 2.56. The molecular formula is C33H27N3O2. The van der Waals surface area contributed by atoms with Gasteiger partial charge in [-0.15, -0.1) is 0 Å². The summed E-state index contributed by atoms with van der Waals surface area (Å²) in [5.74, 6) is 0.481. The van der Waals surface area contributed by atoms with Crippen molar-refractivity contribution in [2.75, 3.05) is 7.11 Å². The predicted molar refractivity (Wildman–Crippen MR) is 145 cm³/mol. The zero-order valence-corrected chi connectivity index (χ0v) is 21.1. The number of nitriles is 2. The number of benzene rings is 3. The molecule has 0 spiro atoms. The minimum Gasteiger partial charge on any atom is -0.497 e. The van der Waals surface area contributed by atoms with E-state index in [4.69, 9.17) is 4.74 Å². The molecule has 0 unspecified atom stereocenters. The lowest BCUT2D eigenvalue weighted by Crippen LogP contribution is -2.37. The van der Waals surface area contributed by atoms with Gasteiger partial charge in [-0.2, -0.15) is 10.5 Å². The topological polar surface area (TPSA) is 77.1 Å². The number of rotatable bonds is 6. The number of allylic oxidation sites excluding steroid dienone is 1. The summed E-state index contributed by atoms with van der Waals surface area (Å²) >= 11 is 0. The molecule has 1 saturated carbocycles. The number of methoxy groups -OCH3 is 1. The standard InChI is InChI=1S/C33H27N3O2/c1-38-26-15-13-23(14-16-26)29-30(28(22-11-12-22)25(19-34)20-35)31-27-10-6-5-7-21(27)17-18-36(31)32(29)33(37)24-8-3-2-4-9-24/h2-10,13-18,22,29-32H,11-12H2,1H3/t29-,30-,31+,32-/m0/s1. The molecule has 1 saturated heterocycles. The van der Waals surface area contributed by atoms with Gasteiger partial charge >= 0.3 is 0 Å². The van der Waals surface area contributed by atoms with Crippen LogP contribution in [0.15, 0.2) is 96.2 Å². The highest BCUT2D eigenvalue weighted by Crippen LogP contribution is 2.59. The molecule has 6 rings (SSSR count). The van der Waals surface area contributed by atoms with Gasteiger partial charge in [0.1, 0.15) is 23.5 Å². The van der Waals surface area contributed by atoms with Gasteiger partial charge < -0.3 is 9.64 Å². The number of ketones is 1. The molecule has 2 aliphatic heterocycles. The fraction of sp³-hybridized carbons (Fsp3) is 0.242. The smallest absolute Gasteiger partial charge is 0.185 e. The molecule has 3 aliphatic rings. The lowest BCUT2D eigenvalue weighted by molar-refractivity contribution is 0.0874. The van der Waals surface area contributed by atoms with Gasteiger partial charge in [-0.1, -0.05) is 66.7 Å². The van der Waals surface area contributed by atoms with E-state index in [9.17, 15) is 15.3 Å². The van der Waals surface area contributed by atoms with Crippen LogP contribution in [0, 0.1) is 34.5 Å². The van der Waals surface area contributed by atoms with E-state index in [-0.39, 0.29) is 35.2 Å². The van der Waals surface area contributed by atoms with Crippen LogP contribution in [0.4, 0.5) is 0 Å². The van der Waals surface area contributed by atoms with Crippen molar-refractivity contribution < 1.29 is 9.53 Å². The van der Waals surface area contributed by atoms with E-state index < -0.39 is 6.04 Å². The van der Waals surface area contributed by atoms with Crippen LogP contribution in [0.1, 0.15) is 51.8 Å². The maximum absolute atomic E-state index is 14.3. The molecule has 2 heterocycles. The summed E-state index contributed by atoms with van der Waals surface area (Å²) < 4.78 is 5.43. The predicted octanol–water partition coefficient (Wildman–Crippen LogP) is 6.44. The maximum Gasteiger partial charge on any atom is 0.185 e. The molecule has 1 aliphatic carbocycles. The summed E-state index contributed by atoms with van der Waals surface area (Å²) in [7, 11) is 1.64. The van der Waals surface area contributed by atoms with E-state index in [1.54, 1.807) is 7.11 Å². The number of ether oxygens (including phenoxy) is 1. The van der Waals surface area contributed by atoms with Gasteiger partial charge in [-0.25, -0.2) is 0 Å². The first-order valence-electron chi connectivity index (χ1n) is 13.0. The van der Waals surface area contributed by atoms with Crippen molar-refractivity contribution in [3.63, 3.8) is 0 Å². The van der Waals surface area contributed by atoms with Crippen molar-refractivity contribution in [1.29, 1.82) is 10.5 Å². The van der Waals surface area contributed by atoms with Crippen molar-refractivity contribution in [2.45, 2.75) is 30.8 Å². The molecule has 5 nitrogen and oxygen atoms in total. The Labute approximate surface area is 222 Å². The number of nitrogens with zero attached hydrogens (tertiary/aromatic N) is 3. The van der Waals surface area contributed by atoms with Crippen molar-refractivity contribution in [1.82, 2.24) is 4.90 Å². The molecule has 0 N–H and O–H groups in total. The van der Waals surface area contributed by atoms with E-state index in [0.717, 1.165) is 40.9 Å². The Hall–Kier alpha value is -4.61. The second-order valence-corrected chi connectivity index (χ2v) is 10.2. The van der Waals surface area contributed by atoms with Crippen LogP contribution in [0.5, 0.6) is 5.75 Å². The zero-order chi connectivity index (χ0) is 26.2. The van der Waals surface area contributed by atoms with Crippen molar-refractivity contribution in [2.24, 2.45) is 11.8 Å². The number of hydrogen-bond donors (Lipinski definition) is 0. The summed E-state index contributed by atoms with van der Waals surface area (Å²) in [5.41, 5.74) is 4.97. The quantitative estimate of drug-likeness (QED) is 0.289. The molecule has 0 aromatic heterocycles. The number of hydrogen-bond acceptors (Lipinski definition) is 5. The van der Waals surface area contributed by atoms with Crippen molar-refractivity contribution in [3.8, 4) is 17.9 Å². The molecular weight excluding hydrogens is 470 g/mol. The van der Waals surface area contributed by atoms with Crippen molar-refractivity contribution in [3.05, 3.63) is 118 Å². The SMILES string of the molecule is COc1ccc([C@H]2[C@H](C(=C(C#N)C#N)C3CC3)[C@H]3c4ccccc4C=CN3[C@@H]2C(=O)c2ccccc2)cc1. The summed E-state index contributed by atoms with van der Waals surface area (Å²) in [6.07, 6.45) is 6.02. The van der Waals surface area contributed by atoms with Crippen LogP contribution < -0.4 is 4.74 Å². The summed E-state index contributed by atoms with van der Waals surface area (Å²) in [6.45, 7) is 0. The number of Topliss-reactive ketones (excluding diaryl/α,β-unsaturated/α-hetero) is 1. The first kappa shape index (κ1) is 23.8. The minimum absolute atomic E-state index is 0.0357. The van der Waals surface area contributed by atoms with Crippen LogP contribution >= 0.6 is 0 Å². The third-order valence-electron chi connectivity index (χ3n) is 8.17. The molecule has 5 heteroatoms. The molecule has 3 aromatic rings. The molecule has 0 amide bonds. The zero-order valence-electron chi connectivity index (χ0n) is 21.1. The Bertz CT molecular complexity index is 1500. The highest BCUT2D eigenvalue weighted by atomic mass is 16.5. The maximum atomic E-state index is 14.3. The average Bonchev–Trinajstić information content (AvgIpc) is 3.76. The summed E-state index contributed by atoms with van der Waals surface area (Å²) in [6, 6.07) is 29.3. The number of carbonyl (C=O) groups is 1. The summed E-state index contributed by atoms with van der Waals surface area (Å²) in [5, 5.41) is 20.1. The molecule has 2 fully saturated rings. The lowest BCUT2D eigenvalue weighted by Gasteiger charge is -2.35. The first-order valence-corrected chi connectivity index (χ1v) is 13.0. The number of fused-ring (bicyclic) bond motifs is 3. The Balaban J connectivity index is 1.62. The Morgan fingerprint density at radius 2 is 1.61 bits per heavy atom. The van der Waals surface area contributed by atoms with E-state index in [2.05, 4.69) is 35.2 Å². The number of carbonyl (C=O) groups excluding carboxylic acids is 1. The second kappa shape index (κ2) is 9.69. The fourth-order valence-corrected chi connectivity index (χ4v) is 6.42. The van der Waals surface area contributed by atoms with Crippen LogP contribution in [0.2, 0.25) is 0 Å². The molecule has 186 valence electrons. The largest absolute Gasteiger partial charge is 0.497 e. The molecule has 0 radical (unpaired) electrons. The van der Waals surface area contributed by atoms with Crippen molar-refractivity contribution >= 4 is 11.9 Å². The van der Waals surface area contributed by atoms with E-state index >= 15 is 0 Å². The molecule has 4 atom stereocenters. The van der Waals surface area contributed by atoms with Gasteiger partial charge in [0.2, 0.25) is 0 Å². The Morgan fingerprint density at radius 1 is 0.921 bits per heavy atom. The monoisotopic (exact) mass is 497 g/mol. The van der Waals surface area contributed by atoms with Gasteiger partial charge in [0.25, 0.3) is 0 Å². The van der Waals surface area contributed by atoms with Crippen LogP contribution in [0.25, 0.3) is 6.08 Å². The fourth-order valence-electron chi connectivity index (χ4n) is 6.42. The molecule has 38 heavy (non-hydrogen) atoms.